The van der Waals surface area contributed by atoms with Crippen molar-refractivity contribution in [2.45, 2.75) is 37.9 Å². The fourth-order valence-electron chi connectivity index (χ4n) is 0.644. The lowest BCUT2D eigenvalue weighted by atomic mass is 10.0. The van der Waals surface area contributed by atoms with E-state index >= 15 is 0 Å². The molecule has 0 saturated carbocycles. The normalized spacial score (nSPS) is 16.3. The Bertz CT molecular complexity index is 123. The van der Waals surface area contributed by atoms with Crippen molar-refractivity contribution in [3.05, 3.63) is 0 Å². The molecule has 0 aliphatic rings. The van der Waals surface area contributed by atoms with Crippen LogP contribution in [0.15, 0.2) is 0 Å². The first kappa shape index (κ1) is 9.82. The van der Waals surface area contributed by atoms with Gasteiger partial charge in [0.15, 0.2) is 0 Å². The maximum absolute atomic E-state index is 10.7. The largest absolute Gasteiger partial charge is 0.368 e. The van der Waals surface area contributed by atoms with Gasteiger partial charge in [-0.25, -0.2) is 0 Å². The Labute approximate surface area is 67.6 Å². The summed E-state index contributed by atoms with van der Waals surface area (Å²) in [7, 11) is 0. The minimum Gasteiger partial charge on any atom is -0.368 e. The average molecular weight is 161 g/mol. The molecule has 0 aromatic heterocycles. The fraction of sp³-hybridized carbons (Fsp3) is 0.857. The lowest BCUT2D eigenvalue weighted by molar-refractivity contribution is -0.120. The lowest BCUT2D eigenvalue weighted by Crippen LogP contribution is -2.35. The van der Waals surface area contributed by atoms with Crippen LogP contribution in [0.5, 0.6) is 0 Å². The molecule has 1 amide bonds. The molecule has 2 N–H and O–H groups in total. The van der Waals surface area contributed by atoms with Crippen molar-refractivity contribution in [1.82, 2.24) is 0 Å². The van der Waals surface area contributed by atoms with E-state index in [1.165, 1.54) is 0 Å². The van der Waals surface area contributed by atoms with Crippen molar-refractivity contribution in [3.63, 3.8) is 0 Å². The summed E-state index contributed by atoms with van der Waals surface area (Å²) in [6.07, 6.45) is 2.84. The van der Waals surface area contributed by atoms with Crippen molar-refractivity contribution >= 4 is 18.5 Å². The standard InChI is InChI=1S/C7H15NOS/c1-3-4-5-7(2,10)6(8)9/h10H,3-5H2,1-2H3,(H2,8,9). The summed E-state index contributed by atoms with van der Waals surface area (Å²) in [5, 5.41) is 0. The molecule has 0 spiro atoms. The van der Waals surface area contributed by atoms with Crippen LogP contribution in [0.4, 0.5) is 0 Å². The van der Waals surface area contributed by atoms with E-state index in [9.17, 15) is 4.79 Å². The van der Waals surface area contributed by atoms with Crippen molar-refractivity contribution in [3.8, 4) is 0 Å². The monoisotopic (exact) mass is 161 g/mol. The molecule has 10 heavy (non-hydrogen) atoms. The van der Waals surface area contributed by atoms with Crippen molar-refractivity contribution in [2.75, 3.05) is 0 Å². The Hall–Kier alpha value is -0.180. The van der Waals surface area contributed by atoms with Crippen molar-refractivity contribution in [2.24, 2.45) is 5.73 Å². The number of carbonyl (C=O) groups is 1. The summed E-state index contributed by atoms with van der Waals surface area (Å²) in [5.41, 5.74) is 5.10. The topological polar surface area (TPSA) is 43.1 Å². The number of unbranched alkanes of at least 4 members (excludes halogenated alkanes) is 1. The second-order valence-electron chi connectivity index (χ2n) is 2.74. The van der Waals surface area contributed by atoms with Crippen LogP contribution in [0, 0.1) is 0 Å². The highest BCUT2D eigenvalue weighted by Crippen LogP contribution is 2.20. The van der Waals surface area contributed by atoms with Crippen LogP contribution in [-0.4, -0.2) is 10.7 Å². The van der Waals surface area contributed by atoms with Gasteiger partial charge in [-0.2, -0.15) is 12.6 Å². The molecule has 0 heterocycles. The number of thiol groups is 1. The molecule has 0 aliphatic heterocycles. The molecule has 0 fully saturated rings. The molecule has 0 aromatic rings. The van der Waals surface area contributed by atoms with Crippen molar-refractivity contribution < 1.29 is 4.79 Å². The molecular weight excluding hydrogens is 146 g/mol. The van der Waals surface area contributed by atoms with Crippen molar-refractivity contribution in [1.29, 1.82) is 0 Å². The third kappa shape index (κ3) is 3.11. The average Bonchev–Trinajstić information content (AvgIpc) is 1.84. The predicted octanol–water partition coefficient (Wildman–Crippen LogP) is 1.35. The van der Waals surface area contributed by atoms with Crippen LogP contribution < -0.4 is 5.73 Å². The minimum atomic E-state index is -0.615. The predicted molar refractivity (Wildman–Crippen MR) is 46.1 cm³/mol. The second kappa shape index (κ2) is 3.86. The van der Waals surface area contributed by atoms with E-state index in [1.807, 2.05) is 0 Å². The van der Waals surface area contributed by atoms with Crippen LogP contribution in [0.1, 0.15) is 33.1 Å². The van der Waals surface area contributed by atoms with Gasteiger partial charge in [-0.1, -0.05) is 19.8 Å². The Morgan fingerprint density at radius 1 is 1.70 bits per heavy atom. The van der Waals surface area contributed by atoms with Crippen LogP contribution in [0.2, 0.25) is 0 Å². The maximum atomic E-state index is 10.7. The number of carbonyl (C=O) groups excluding carboxylic acids is 1. The summed E-state index contributed by atoms with van der Waals surface area (Å²) in [5.74, 6) is -0.329. The summed E-state index contributed by atoms with van der Waals surface area (Å²) in [4.78, 5) is 10.7. The van der Waals surface area contributed by atoms with Crippen LogP contribution in [0.25, 0.3) is 0 Å². The van der Waals surface area contributed by atoms with Gasteiger partial charge >= 0.3 is 0 Å². The minimum absolute atomic E-state index is 0.329. The Morgan fingerprint density at radius 3 is 2.50 bits per heavy atom. The van der Waals surface area contributed by atoms with Gasteiger partial charge in [0.05, 0.1) is 4.75 Å². The van der Waals surface area contributed by atoms with Gasteiger partial charge in [-0.3, -0.25) is 4.79 Å². The van der Waals surface area contributed by atoms with E-state index in [2.05, 4.69) is 19.6 Å². The van der Waals surface area contributed by atoms with E-state index in [0.29, 0.717) is 0 Å². The first-order valence-electron chi connectivity index (χ1n) is 3.53. The van der Waals surface area contributed by atoms with E-state index in [0.717, 1.165) is 19.3 Å². The molecule has 0 aliphatic carbocycles. The number of amides is 1. The number of primary amides is 1. The summed E-state index contributed by atoms with van der Waals surface area (Å²) in [6, 6.07) is 0. The molecule has 3 heteroatoms. The van der Waals surface area contributed by atoms with Gasteiger partial charge in [-0.05, 0) is 13.3 Å². The van der Waals surface area contributed by atoms with Gasteiger partial charge in [0.2, 0.25) is 5.91 Å². The Morgan fingerprint density at radius 2 is 2.20 bits per heavy atom. The van der Waals surface area contributed by atoms with E-state index in [-0.39, 0.29) is 5.91 Å². The Balaban J connectivity index is 3.75. The third-order valence-corrected chi connectivity index (χ3v) is 1.99. The molecule has 0 rings (SSSR count). The van der Waals surface area contributed by atoms with Gasteiger partial charge in [0.25, 0.3) is 0 Å². The van der Waals surface area contributed by atoms with Crippen LogP contribution >= 0.6 is 12.6 Å². The summed E-state index contributed by atoms with van der Waals surface area (Å²) in [6.45, 7) is 3.83. The van der Waals surface area contributed by atoms with E-state index < -0.39 is 4.75 Å². The van der Waals surface area contributed by atoms with Crippen LogP contribution in [0.3, 0.4) is 0 Å². The Kier molecular flexibility index (Phi) is 3.79. The number of nitrogens with two attached hydrogens (primary N) is 1. The number of hydrogen-bond acceptors (Lipinski definition) is 2. The summed E-state index contributed by atoms with van der Waals surface area (Å²) < 4.78 is -0.615. The first-order chi connectivity index (χ1) is 4.50. The number of rotatable bonds is 4. The smallest absolute Gasteiger partial charge is 0.233 e. The molecule has 0 radical (unpaired) electrons. The summed E-state index contributed by atoms with van der Waals surface area (Å²) >= 11 is 4.14. The zero-order valence-electron chi connectivity index (χ0n) is 6.55. The third-order valence-electron chi connectivity index (χ3n) is 1.55. The fourth-order valence-corrected chi connectivity index (χ4v) is 0.802. The molecule has 2 nitrogen and oxygen atoms in total. The molecule has 1 atom stereocenters. The van der Waals surface area contributed by atoms with Crippen LogP contribution in [-0.2, 0) is 4.79 Å². The quantitative estimate of drug-likeness (QED) is 0.600. The highest BCUT2D eigenvalue weighted by molar-refractivity contribution is 7.82. The number of hydrogen-bond donors (Lipinski definition) is 2. The molecule has 0 aromatic carbocycles. The molecule has 0 saturated heterocycles. The highest BCUT2D eigenvalue weighted by Gasteiger charge is 2.24. The molecule has 0 bridgehead atoms. The molecular formula is C7H15NOS. The van der Waals surface area contributed by atoms with Gasteiger partial charge in [-0.15, -0.1) is 0 Å². The van der Waals surface area contributed by atoms with Gasteiger partial charge in [0.1, 0.15) is 0 Å². The SMILES string of the molecule is CCCCC(C)(S)C(N)=O. The maximum Gasteiger partial charge on any atom is 0.233 e. The first-order valence-corrected chi connectivity index (χ1v) is 3.97. The molecule has 60 valence electrons. The van der Waals surface area contributed by atoms with E-state index in [1.54, 1.807) is 6.92 Å². The zero-order chi connectivity index (χ0) is 8.20. The lowest BCUT2D eigenvalue weighted by Gasteiger charge is -2.18. The van der Waals surface area contributed by atoms with E-state index in [4.69, 9.17) is 5.73 Å². The molecule has 1 unspecified atom stereocenters. The highest BCUT2D eigenvalue weighted by atomic mass is 32.1. The van der Waals surface area contributed by atoms with Gasteiger partial charge in [0, 0.05) is 0 Å². The van der Waals surface area contributed by atoms with Gasteiger partial charge < -0.3 is 5.73 Å². The zero-order valence-corrected chi connectivity index (χ0v) is 7.45. The second-order valence-corrected chi connectivity index (χ2v) is 3.73.